The monoisotopic (exact) mass is 996 g/mol. The topological polar surface area (TPSA) is 220 Å². The molecule has 4 heterocycles. The zero-order valence-corrected chi connectivity index (χ0v) is 44.1. The van der Waals surface area contributed by atoms with Gasteiger partial charge in [0.15, 0.2) is 18.8 Å². The maximum Gasteiger partial charge on any atom is 0.311 e. The summed E-state index contributed by atoms with van der Waals surface area (Å²) in [4.78, 5) is 18.4. The van der Waals surface area contributed by atoms with Crippen LogP contribution in [0.1, 0.15) is 106 Å². The van der Waals surface area contributed by atoms with Crippen molar-refractivity contribution in [2.45, 2.75) is 211 Å². The van der Waals surface area contributed by atoms with E-state index in [4.69, 9.17) is 33.2 Å². The standard InChI is InChI=1S/C51H86FN5O13/c1-15-40-51(11,63)44(59)34(7)56(13)25-30(3)23-49(9,62)46(32(5)43(33(6)47(61)68-40)69-41-24-50(10,64-14)45(60)35(8)67-41)70-48-42(58)39(22-31(4)66-48)55(12)21-20-37-27-57(54-53-37)26-36(52)28-65-38-18-16-29(2)17-19-38/h16-19,27,30-36,39-46,48,58-60,62-63H,15,20-26,28H2,1-14H3/t30-,31-,32+,33-,34-,35+,36-,39+,40-,41+,42-,43+,44-,45+,46-,48+,49-,50-,51-/m1/s1. The van der Waals surface area contributed by atoms with E-state index >= 15 is 0 Å². The molecule has 0 aliphatic carbocycles. The van der Waals surface area contributed by atoms with Crippen LogP contribution in [0.3, 0.4) is 0 Å². The number of halogens is 1. The molecule has 0 radical (unpaired) electrons. The lowest BCUT2D eigenvalue weighted by Crippen LogP contribution is -2.61. The number of cyclic esters (lactones) is 1. The molecule has 1 aromatic heterocycles. The SMILES string of the molecule is CC[C@H]1OC(=O)[C@H](C)[C@@H](O[C@H]2C[C@@](C)(OC)[C@@H](O)[C@H](C)O2)[C@H](C)[C@@H](O[C@@H]2O[C@H](C)C[C@H](N(C)CCc3cn(C[C@@H](F)COc4ccc(C)cc4)nn3)[C@H]2O)[C@](C)(O)C[C@@H](C)CN(C)[C@H](C)[C@@H](O)[C@]1(C)O. The van der Waals surface area contributed by atoms with Crippen LogP contribution in [-0.4, -0.2) is 194 Å². The Labute approximate surface area is 415 Å². The molecule has 0 bridgehead atoms. The molecule has 1 aromatic carbocycles. The number of benzene rings is 1. The van der Waals surface area contributed by atoms with E-state index in [-0.39, 0.29) is 44.4 Å². The minimum Gasteiger partial charge on any atom is -0.490 e. The lowest BCUT2D eigenvalue weighted by atomic mass is 9.77. The summed E-state index contributed by atoms with van der Waals surface area (Å²) in [6.45, 7) is 20.1. The van der Waals surface area contributed by atoms with Crippen LogP contribution in [0, 0.1) is 24.7 Å². The average Bonchev–Trinajstić information content (AvgIpc) is 3.75. The summed E-state index contributed by atoms with van der Waals surface area (Å²) >= 11 is 0. The van der Waals surface area contributed by atoms with Crippen molar-refractivity contribution in [2.24, 2.45) is 17.8 Å². The minimum absolute atomic E-state index is 0.0271. The number of ether oxygens (including phenoxy) is 7. The molecule has 19 atom stereocenters. The fourth-order valence-electron chi connectivity index (χ4n) is 10.7. The van der Waals surface area contributed by atoms with Crippen molar-refractivity contribution < 1.29 is 67.9 Å². The van der Waals surface area contributed by atoms with E-state index in [1.54, 1.807) is 66.8 Å². The highest BCUT2D eigenvalue weighted by atomic mass is 19.1. The van der Waals surface area contributed by atoms with Gasteiger partial charge in [-0.15, -0.1) is 5.10 Å². The average molecular weight is 996 g/mol. The number of methoxy groups -OCH3 is 1. The molecule has 3 fully saturated rings. The van der Waals surface area contributed by atoms with Gasteiger partial charge < -0.3 is 68.5 Å². The normalized spacial score (nSPS) is 40.3. The zero-order chi connectivity index (χ0) is 52.0. The Morgan fingerprint density at radius 3 is 2.30 bits per heavy atom. The number of alkyl halides is 1. The van der Waals surface area contributed by atoms with E-state index in [1.807, 2.05) is 56.8 Å². The third-order valence-corrected chi connectivity index (χ3v) is 15.3. The predicted octanol–water partition coefficient (Wildman–Crippen LogP) is 3.83. The summed E-state index contributed by atoms with van der Waals surface area (Å²) in [6, 6.07) is 6.38. The van der Waals surface area contributed by atoms with Gasteiger partial charge in [-0.25, -0.2) is 9.07 Å². The number of aliphatic hydroxyl groups is 5. The lowest BCUT2D eigenvalue weighted by molar-refractivity contribution is -0.318. The van der Waals surface area contributed by atoms with Crippen LogP contribution < -0.4 is 4.74 Å². The fourth-order valence-corrected chi connectivity index (χ4v) is 10.7. The molecule has 3 aliphatic heterocycles. The van der Waals surface area contributed by atoms with Gasteiger partial charge in [0, 0.05) is 57.2 Å². The highest BCUT2D eigenvalue weighted by Crippen LogP contribution is 2.40. The van der Waals surface area contributed by atoms with Gasteiger partial charge in [-0.3, -0.25) is 4.79 Å². The molecule has 0 saturated carbocycles. The van der Waals surface area contributed by atoms with Gasteiger partial charge in [0.2, 0.25) is 0 Å². The molecule has 2 aromatic rings. The molecule has 0 amide bonds. The first kappa shape index (κ1) is 58.0. The number of hydrogen-bond donors (Lipinski definition) is 5. The number of aryl methyl sites for hydroxylation is 1. The smallest absolute Gasteiger partial charge is 0.311 e. The summed E-state index contributed by atoms with van der Waals surface area (Å²) < 4.78 is 60.2. The fraction of sp³-hybridized carbons (Fsp3) is 0.824. The quantitative estimate of drug-likeness (QED) is 0.160. The Kier molecular flexibility index (Phi) is 20.2. The summed E-state index contributed by atoms with van der Waals surface area (Å²) in [7, 11) is 5.21. The van der Waals surface area contributed by atoms with Crippen LogP contribution in [-0.2, 0) is 46.2 Å². The number of hydrogen-bond acceptors (Lipinski definition) is 17. The number of aromatic nitrogens is 3. The van der Waals surface area contributed by atoms with Crippen LogP contribution in [0.2, 0.25) is 0 Å². The molecule has 70 heavy (non-hydrogen) atoms. The van der Waals surface area contributed by atoms with Gasteiger partial charge in [0.1, 0.15) is 42.4 Å². The summed E-state index contributed by atoms with van der Waals surface area (Å²) in [5, 5.41) is 68.0. The van der Waals surface area contributed by atoms with E-state index in [0.29, 0.717) is 37.4 Å². The Morgan fingerprint density at radius 1 is 0.986 bits per heavy atom. The Hall–Kier alpha value is -2.92. The second-order valence-electron chi connectivity index (χ2n) is 21.6. The maximum absolute atomic E-state index is 14.9. The second kappa shape index (κ2) is 24.4. The van der Waals surface area contributed by atoms with Gasteiger partial charge in [0.05, 0.1) is 53.8 Å². The molecule has 0 unspecified atom stereocenters. The van der Waals surface area contributed by atoms with Crippen molar-refractivity contribution in [1.82, 2.24) is 24.8 Å². The number of nitrogens with zero attached hydrogens (tertiary/aromatic N) is 5. The Morgan fingerprint density at radius 2 is 1.66 bits per heavy atom. The highest BCUT2D eigenvalue weighted by Gasteiger charge is 2.53. The molecular formula is C51H86FN5O13. The molecule has 0 spiro atoms. The van der Waals surface area contributed by atoms with Crippen molar-refractivity contribution >= 4 is 5.97 Å². The first-order valence-electron chi connectivity index (χ1n) is 25.2. The second-order valence-corrected chi connectivity index (χ2v) is 21.6. The maximum atomic E-state index is 14.9. The van der Waals surface area contributed by atoms with Crippen molar-refractivity contribution in [1.29, 1.82) is 0 Å². The third kappa shape index (κ3) is 14.2. The first-order chi connectivity index (χ1) is 32.7. The number of rotatable bonds is 15. The van der Waals surface area contributed by atoms with Crippen LogP contribution in [0.5, 0.6) is 5.75 Å². The molecule has 19 heteroatoms. The highest BCUT2D eigenvalue weighted by molar-refractivity contribution is 5.73. The summed E-state index contributed by atoms with van der Waals surface area (Å²) in [6.07, 6.45) is -8.43. The molecular weight excluding hydrogens is 910 g/mol. The number of aliphatic hydroxyl groups excluding tert-OH is 3. The number of carbonyl (C=O) groups is 1. The molecule has 400 valence electrons. The molecule has 5 N–H and O–H groups in total. The van der Waals surface area contributed by atoms with Crippen molar-refractivity contribution in [3.8, 4) is 5.75 Å². The molecule has 3 saturated heterocycles. The van der Waals surface area contributed by atoms with Crippen molar-refractivity contribution in [3.05, 3.63) is 41.7 Å². The van der Waals surface area contributed by atoms with Crippen LogP contribution in [0.15, 0.2) is 30.5 Å². The van der Waals surface area contributed by atoms with E-state index in [2.05, 4.69) is 10.3 Å². The van der Waals surface area contributed by atoms with Crippen LogP contribution in [0.25, 0.3) is 0 Å². The van der Waals surface area contributed by atoms with E-state index in [9.17, 15) is 34.7 Å². The van der Waals surface area contributed by atoms with E-state index in [1.165, 1.54) is 18.7 Å². The van der Waals surface area contributed by atoms with Crippen LogP contribution in [0.4, 0.5) is 4.39 Å². The van der Waals surface area contributed by atoms with Gasteiger partial charge in [0.25, 0.3) is 0 Å². The van der Waals surface area contributed by atoms with Gasteiger partial charge in [-0.05, 0) is 107 Å². The number of likely N-dealkylation sites (N-methyl/N-ethyl adjacent to an activating group) is 2. The predicted molar refractivity (Wildman–Crippen MR) is 258 cm³/mol. The van der Waals surface area contributed by atoms with Gasteiger partial charge in [-0.1, -0.05) is 43.7 Å². The van der Waals surface area contributed by atoms with Gasteiger partial charge >= 0.3 is 5.97 Å². The molecule has 5 rings (SSSR count). The van der Waals surface area contributed by atoms with E-state index < -0.39 is 108 Å². The lowest BCUT2D eigenvalue weighted by Gasteiger charge is -2.49. The minimum atomic E-state index is -1.84. The number of carbonyl (C=O) groups excluding carboxylic acids is 1. The van der Waals surface area contributed by atoms with Crippen LogP contribution >= 0.6 is 0 Å². The largest absolute Gasteiger partial charge is 0.490 e. The summed E-state index contributed by atoms with van der Waals surface area (Å²) in [5.41, 5.74) is -2.83. The van der Waals surface area contributed by atoms with Gasteiger partial charge in [-0.2, -0.15) is 0 Å². The number of esters is 1. The molecule has 18 nitrogen and oxygen atoms in total. The summed E-state index contributed by atoms with van der Waals surface area (Å²) in [5.74, 6) is -2.24. The third-order valence-electron chi connectivity index (χ3n) is 15.3. The Bertz CT molecular complexity index is 1930. The zero-order valence-electron chi connectivity index (χ0n) is 44.1. The molecule has 3 aliphatic rings. The first-order valence-corrected chi connectivity index (χ1v) is 25.2. The van der Waals surface area contributed by atoms with E-state index in [0.717, 1.165) is 5.56 Å². The van der Waals surface area contributed by atoms with Crippen molar-refractivity contribution in [3.63, 3.8) is 0 Å². The van der Waals surface area contributed by atoms with Crippen molar-refractivity contribution in [2.75, 3.05) is 40.9 Å². The Balaban J connectivity index is 1.40.